The van der Waals surface area contributed by atoms with E-state index in [4.69, 9.17) is 9.47 Å². The third-order valence-electron chi connectivity index (χ3n) is 4.31. The van der Waals surface area contributed by atoms with Gasteiger partial charge in [-0.05, 0) is 37.1 Å². The van der Waals surface area contributed by atoms with Gasteiger partial charge in [-0.25, -0.2) is 4.79 Å². The molecule has 1 atom stereocenters. The monoisotopic (exact) mass is 344 g/mol. The summed E-state index contributed by atoms with van der Waals surface area (Å²) in [6.45, 7) is 2.07. The number of rotatable bonds is 5. The highest BCUT2D eigenvalue weighted by molar-refractivity contribution is 5.89. The minimum absolute atomic E-state index is 0.0813. The maximum atomic E-state index is 12.4. The van der Waals surface area contributed by atoms with Crippen LogP contribution in [0.3, 0.4) is 0 Å². The number of ether oxygens (including phenoxy) is 2. The number of urea groups is 1. The van der Waals surface area contributed by atoms with Gasteiger partial charge in [0.2, 0.25) is 0 Å². The van der Waals surface area contributed by atoms with Crippen LogP contribution in [0.2, 0.25) is 0 Å². The molecule has 7 heteroatoms. The number of anilines is 1. The van der Waals surface area contributed by atoms with Gasteiger partial charge in [0, 0.05) is 32.3 Å². The molecule has 1 fully saturated rings. The first-order valence-corrected chi connectivity index (χ1v) is 8.45. The van der Waals surface area contributed by atoms with Crippen LogP contribution in [0.15, 0.2) is 36.7 Å². The van der Waals surface area contributed by atoms with E-state index in [0.29, 0.717) is 24.8 Å². The normalized spacial score (nSPS) is 17.2. The van der Waals surface area contributed by atoms with E-state index in [-0.39, 0.29) is 6.03 Å². The topological polar surface area (TPSA) is 68.6 Å². The number of aromatic nitrogens is 2. The zero-order valence-corrected chi connectivity index (χ0v) is 14.6. The summed E-state index contributed by atoms with van der Waals surface area (Å²) >= 11 is 0. The van der Waals surface area contributed by atoms with E-state index < -0.39 is 0 Å². The molecule has 2 amide bonds. The molecule has 1 aliphatic heterocycles. The quantitative estimate of drug-likeness (QED) is 0.905. The van der Waals surface area contributed by atoms with Crippen molar-refractivity contribution >= 4 is 11.7 Å². The fraction of sp³-hybridized carbons (Fsp3) is 0.444. The Morgan fingerprint density at radius 3 is 2.76 bits per heavy atom. The van der Waals surface area contributed by atoms with E-state index in [2.05, 4.69) is 10.4 Å². The minimum Gasteiger partial charge on any atom is -0.497 e. The van der Waals surface area contributed by atoms with Crippen molar-refractivity contribution in [2.24, 2.45) is 13.0 Å². The average Bonchev–Trinajstić information content (AvgIpc) is 3.05. The van der Waals surface area contributed by atoms with Crippen LogP contribution in [0.4, 0.5) is 10.5 Å². The molecule has 3 rings (SSSR count). The smallest absolute Gasteiger partial charge is 0.321 e. The zero-order chi connectivity index (χ0) is 17.6. The van der Waals surface area contributed by atoms with E-state index in [1.165, 1.54) is 0 Å². The second-order valence-corrected chi connectivity index (χ2v) is 6.27. The summed E-state index contributed by atoms with van der Waals surface area (Å²) < 4.78 is 12.7. The Morgan fingerprint density at radius 2 is 2.08 bits per heavy atom. The Bertz CT molecular complexity index is 699. The maximum absolute atomic E-state index is 12.4. The molecule has 1 aromatic carbocycles. The first-order chi connectivity index (χ1) is 12.1. The van der Waals surface area contributed by atoms with Crippen LogP contribution < -0.4 is 14.8 Å². The lowest BCUT2D eigenvalue weighted by molar-refractivity contribution is 0.145. The van der Waals surface area contributed by atoms with Crippen molar-refractivity contribution < 1.29 is 14.3 Å². The molecule has 0 aliphatic carbocycles. The van der Waals surface area contributed by atoms with Crippen LogP contribution in [0.5, 0.6) is 11.5 Å². The van der Waals surface area contributed by atoms with Gasteiger partial charge in [-0.3, -0.25) is 4.68 Å². The average molecular weight is 344 g/mol. The molecule has 1 aliphatic rings. The standard InChI is InChI=1S/C18H24N4O3/c1-21-12-15(10-19-21)20-18(23)22-9-3-4-14(11-22)13-25-17-7-5-16(24-2)6-8-17/h5-8,10,12,14H,3-4,9,11,13H2,1-2H3,(H,20,23)/t14-/m1/s1. The lowest BCUT2D eigenvalue weighted by Crippen LogP contribution is -2.43. The highest BCUT2D eigenvalue weighted by Gasteiger charge is 2.24. The van der Waals surface area contributed by atoms with Gasteiger partial charge in [-0.15, -0.1) is 0 Å². The third kappa shape index (κ3) is 4.65. The Kier molecular flexibility index (Phi) is 5.42. The van der Waals surface area contributed by atoms with Crippen molar-refractivity contribution in [1.29, 1.82) is 0 Å². The Hall–Kier alpha value is -2.70. The number of piperidine rings is 1. The molecule has 25 heavy (non-hydrogen) atoms. The highest BCUT2D eigenvalue weighted by Crippen LogP contribution is 2.21. The van der Waals surface area contributed by atoms with Gasteiger partial charge in [-0.1, -0.05) is 0 Å². The SMILES string of the molecule is COc1ccc(OC[C@@H]2CCCN(C(=O)Nc3cnn(C)c3)C2)cc1. The van der Waals surface area contributed by atoms with Gasteiger partial charge < -0.3 is 19.7 Å². The highest BCUT2D eigenvalue weighted by atomic mass is 16.5. The second-order valence-electron chi connectivity index (χ2n) is 6.27. The van der Waals surface area contributed by atoms with Crippen molar-refractivity contribution in [2.75, 3.05) is 32.1 Å². The minimum atomic E-state index is -0.0813. The van der Waals surface area contributed by atoms with E-state index in [0.717, 1.165) is 30.9 Å². The van der Waals surface area contributed by atoms with E-state index >= 15 is 0 Å². The molecule has 0 saturated carbocycles. The summed E-state index contributed by atoms with van der Waals surface area (Å²) in [5, 5.41) is 6.95. The second kappa shape index (κ2) is 7.92. The number of likely N-dealkylation sites (tertiary alicyclic amines) is 1. The molecule has 1 saturated heterocycles. The van der Waals surface area contributed by atoms with Crippen LogP contribution in [0, 0.1) is 5.92 Å². The summed E-state index contributed by atoms with van der Waals surface area (Å²) in [5.41, 5.74) is 0.712. The van der Waals surface area contributed by atoms with Crippen LogP contribution in [0.25, 0.3) is 0 Å². The number of carbonyl (C=O) groups excluding carboxylic acids is 1. The van der Waals surface area contributed by atoms with Crippen LogP contribution in [-0.2, 0) is 7.05 Å². The molecular weight excluding hydrogens is 320 g/mol. The van der Waals surface area contributed by atoms with E-state index in [1.54, 1.807) is 24.2 Å². The van der Waals surface area contributed by atoms with Crippen molar-refractivity contribution in [3.05, 3.63) is 36.7 Å². The lowest BCUT2D eigenvalue weighted by Gasteiger charge is -2.32. The predicted molar refractivity (Wildman–Crippen MR) is 95.0 cm³/mol. The van der Waals surface area contributed by atoms with Crippen LogP contribution in [0.1, 0.15) is 12.8 Å². The van der Waals surface area contributed by atoms with Crippen molar-refractivity contribution in [3.8, 4) is 11.5 Å². The number of benzene rings is 1. The summed E-state index contributed by atoms with van der Waals surface area (Å²) in [6.07, 6.45) is 5.47. The molecular formula is C18H24N4O3. The Morgan fingerprint density at radius 1 is 1.32 bits per heavy atom. The molecule has 0 radical (unpaired) electrons. The van der Waals surface area contributed by atoms with Gasteiger partial charge in [0.1, 0.15) is 11.5 Å². The maximum Gasteiger partial charge on any atom is 0.321 e. The number of hydrogen-bond acceptors (Lipinski definition) is 4. The zero-order valence-electron chi connectivity index (χ0n) is 14.6. The number of nitrogens with one attached hydrogen (secondary N) is 1. The van der Waals surface area contributed by atoms with Crippen molar-refractivity contribution in [1.82, 2.24) is 14.7 Å². The number of hydrogen-bond donors (Lipinski definition) is 1. The van der Waals surface area contributed by atoms with Crippen molar-refractivity contribution in [3.63, 3.8) is 0 Å². The Labute approximate surface area is 147 Å². The van der Waals surface area contributed by atoms with Gasteiger partial charge in [0.25, 0.3) is 0 Å². The summed E-state index contributed by atoms with van der Waals surface area (Å²) in [6, 6.07) is 7.47. The Balaban J connectivity index is 1.49. The molecule has 2 aromatic rings. The van der Waals surface area contributed by atoms with Crippen molar-refractivity contribution in [2.45, 2.75) is 12.8 Å². The third-order valence-corrected chi connectivity index (χ3v) is 4.31. The van der Waals surface area contributed by atoms with Gasteiger partial charge in [0.05, 0.1) is 25.6 Å². The molecule has 134 valence electrons. The number of methoxy groups -OCH3 is 1. The number of carbonyl (C=O) groups is 1. The first kappa shape index (κ1) is 17.1. The van der Waals surface area contributed by atoms with E-state index in [9.17, 15) is 4.79 Å². The molecule has 0 unspecified atom stereocenters. The van der Waals surface area contributed by atoms with Crippen LogP contribution >= 0.6 is 0 Å². The number of aryl methyl sites for hydroxylation is 1. The first-order valence-electron chi connectivity index (χ1n) is 8.45. The van der Waals surface area contributed by atoms with Crippen LogP contribution in [-0.4, -0.2) is 47.5 Å². The van der Waals surface area contributed by atoms with Gasteiger partial charge in [0.15, 0.2) is 0 Å². The number of nitrogens with zero attached hydrogens (tertiary/aromatic N) is 3. The molecule has 0 bridgehead atoms. The fourth-order valence-electron chi connectivity index (χ4n) is 2.96. The summed E-state index contributed by atoms with van der Waals surface area (Å²) in [4.78, 5) is 14.2. The largest absolute Gasteiger partial charge is 0.497 e. The molecule has 1 N–H and O–H groups in total. The molecule has 0 spiro atoms. The van der Waals surface area contributed by atoms with Gasteiger partial charge >= 0.3 is 6.03 Å². The molecule has 7 nitrogen and oxygen atoms in total. The summed E-state index contributed by atoms with van der Waals surface area (Å²) in [7, 11) is 3.46. The number of amides is 2. The molecule has 1 aromatic heterocycles. The predicted octanol–water partition coefficient (Wildman–Crippen LogP) is 2.75. The lowest BCUT2D eigenvalue weighted by atomic mass is 9.99. The van der Waals surface area contributed by atoms with Gasteiger partial charge in [-0.2, -0.15) is 5.10 Å². The molecule has 2 heterocycles. The fourth-order valence-corrected chi connectivity index (χ4v) is 2.96. The van der Waals surface area contributed by atoms with E-state index in [1.807, 2.05) is 36.2 Å². The summed E-state index contributed by atoms with van der Waals surface area (Å²) in [5.74, 6) is 1.96.